The van der Waals surface area contributed by atoms with Crippen LogP contribution in [0.2, 0.25) is 0 Å². The number of hydrogen-bond donors (Lipinski definition) is 0. The van der Waals surface area contributed by atoms with Crippen molar-refractivity contribution >= 4 is 5.69 Å². The number of aromatic nitrogens is 1. The van der Waals surface area contributed by atoms with Crippen LogP contribution >= 0.6 is 0 Å². The van der Waals surface area contributed by atoms with E-state index in [2.05, 4.69) is 4.98 Å². The Morgan fingerprint density at radius 3 is 2.56 bits per heavy atom. The van der Waals surface area contributed by atoms with Crippen LogP contribution in [0.4, 0.5) is 5.69 Å². The normalized spacial score (nSPS) is 14.7. The number of nitrogens with zero attached hydrogens (tertiary/aromatic N) is 2. The van der Waals surface area contributed by atoms with E-state index in [1.165, 1.54) is 25.0 Å². The number of benzene rings is 1. The second kappa shape index (κ2) is 3.94. The van der Waals surface area contributed by atoms with Crippen LogP contribution in [0.3, 0.4) is 0 Å². The van der Waals surface area contributed by atoms with E-state index in [0.717, 1.165) is 17.0 Å². The molecule has 0 radical (unpaired) electrons. The molecule has 1 heterocycles. The number of rotatable bonds is 3. The first-order valence-corrected chi connectivity index (χ1v) is 5.87. The van der Waals surface area contributed by atoms with Crippen molar-refractivity contribution in [3.05, 3.63) is 45.8 Å². The molecule has 92 valence electrons. The molecular weight excluding hydrogens is 232 g/mol. The van der Waals surface area contributed by atoms with Gasteiger partial charge in [0.25, 0.3) is 5.69 Å². The van der Waals surface area contributed by atoms with Gasteiger partial charge in [0.1, 0.15) is 5.76 Å². The minimum Gasteiger partial charge on any atom is -0.441 e. The van der Waals surface area contributed by atoms with Crippen LogP contribution in [0.25, 0.3) is 11.5 Å². The molecule has 0 unspecified atom stereocenters. The third-order valence-corrected chi connectivity index (χ3v) is 3.12. The lowest BCUT2D eigenvalue weighted by Gasteiger charge is -1.94. The van der Waals surface area contributed by atoms with Gasteiger partial charge in [0, 0.05) is 23.6 Å². The summed E-state index contributed by atoms with van der Waals surface area (Å²) in [5.41, 5.74) is 1.88. The van der Waals surface area contributed by atoms with Gasteiger partial charge >= 0.3 is 0 Å². The zero-order valence-corrected chi connectivity index (χ0v) is 9.92. The standard InChI is InChI=1S/C13H12N2O3/c1-8-12(9-2-3-9)14-13(18-8)10-4-6-11(7-5-10)15(16)17/h4-7,9H,2-3H2,1H3. The van der Waals surface area contributed by atoms with E-state index in [0.29, 0.717) is 11.8 Å². The molecule has 0 saturated heterocycles. The molecule has 5 heteroatoms. The fourth-order valence-electron chi connectivity index (χ4n) is 1.99. The second-order valence-electron chi connectivity index (χ2n) is 4.54. The van der Waals surface area contributed by atoms with Crippen molar-refractivity contribution in [1.29, 1.82) is 0 Å². The van der Waals surface area contributed by atoms with Gasteiger partial charge in [0.15, 0.2) is 0 Å². The highest BCUT2D eigenvalue weighted by Gasteiger charge is 2.29. The smallest absolute Gasteiger partial charge is 0.269 e. The molecular formula is C13H12N2O3. The zero-order valence-electron chi connectivity index (χ0n) is 9.92. The van der Waals surface area contributed by atoms with E-state index in [1.54, 1.807) is 12.1 Å². The topological polar surface area (TPSA) is 69.2 Å². The molecule has 1 saturated carbocycles. The molecule has 1 aromatic carbocycles. The fraction of sp³-hybridized carbons (Fsp3) is 0.308. The predicted molar refractivity (Wildman–Crippen MR) is 65.3 cm³/mol. The van der Waals surface area contributed by atoms with Gasteiger partial charge in [0.05, 0.1) is 10.6 Å². The van der Waals surface area contributed by atoms with Gasteiger partial charge < -0.3 is 4.42 Å². The van der Waals surface area contributed by atoms with Crippen LogP contribution < -0.4 is 0 Å². The lowest BCUT2D eigenvalue weighted by molar-refractivity contribution is -0.384. The van der Waals surface area contributed by atoms with Gasteiger partial charge in [-0.25, -0.2) is 4.98 Å². The highest BCUT2D eigenvalue weighted by atomic mass is 16.6. The van der Waals surface area contributed by atoms with Gasteiger partial charge in [-0.1, -0.05) is 0 Å². The Morgan fingerprint density at radius 2 is 2.00 bits per heavy atom. The van der Waals surface area contributed by atoms with E-state index in [4.69, 9.17) is 4.42 Å². The summed E-state index contributed by atoms with van der Waals surface area (Å²) in [6.45, 7) is 1.91. The minimum atomic E-state index is -0.416. The number of aryl methyl sites for hydroxylation is 1. The molecule has 1 aromatic heterocycles. The number of nitro benzene ring substituents is 1. The number of nitro groups is 1. The van der Waals surface area contributed by atoms with Crippen LogP contribution in [0, 0.1) is 17.0 Å². The summed E-state index contributed by atoms with van der Waals surface area (Å²) in [7, 11) is 0. The van der Waals surface area contributed by atoms with Crippen molar-refractivity contribution in [3.63, 3.8) is 0 Å². The molecule has 0 spiro atoms. The van der Waals surface area contributed by atoms with Crippen LogP contribution in [0.1, 0.15) is 30.2 Å². The summed E-state index contributed by atoms with van der Waals surface area (Å²) in [6, 6.07) is 6.26. The van der Waals surface area contributed by atoms with Crippen molar-refractivity contribution in [2.75, 3.05) is 0 Å². The Balaban J connectivity index is 1.94. The summed E-state index contributed by atoms with van der Waals surface area (Å²) in [4.78, 5) is 14.6. The van der Waals surface area contributed by atoms with Gasteiger partial charge in [0.2, 0.25) is 5.89 Å². The molecule has 0 atom stereocenters. The summed E-state index contributed by atoms with van der Waals surface area (Å²) in [5.74, 6) is 1.94. The third-order valence-electron chi connectivity index (χ3n) is 3.12. The predicted octanol–water partition coefficient (Wildman–Crippen LogP) is 3.44. The quantitative estimate of drug-likeness (QED) is 0.612. The maximum absolute atomic E-state index is 10.6. The van der Waals surface area contributed by atoms with Crippen molar-refractivity contribution in [2.24, 2.45) is 0 Å². The SMILES string of the molecule is Cc1oc(-c2ccc([N+](=O)[O-])cc2)nc1C1CC1. The molecule has 5 nitrogen and oxygen atoms in total. The van der Waals surface area contributed by atoms with Crippen molar-refractivity contribution in [2.45, 2.75) is 25.7 Å². The molecule has 0 aliphatic heterocycles. The van der Waals surface area contributed by atoms with Crippen LogP contribution in [0.5, 0.6) is 0 Å². The van der Waals surface area contributed by atoms with Crippen LogP contribution in [0.15, 0.2) is 28.7 Å². The first-order valence-electron chi connectivity index (χ1n) is 5.87. The van der Waals surface area contributed by atoms with E-state index in [1.807, 2.05) is 6.92 Å². The van der Waals surface area contributed by atoms with Crippen molar-refractivity contribution in [1.82, 2.24) is 4.98 Å². The lowest BCUT2D eigenvalue weighted by atomic mass is 10.2. The summed E-state index contributed by atoms with van der Waals surface area (Å²) in [6.07, 6.45) is 2.35. The Hall–Kier alpha value is -2.17. The Bertz CT molecular complexity index is 597. The van der Waals surface area contributed by atoms with Gasteiger partial charge in [-0.05, 0) is 31.9 Å². The average Bonchev–Trinajstić information content (AvgIpc) is 3.13. The first-order chi connectivity index (χ1) is 8.65. The Morgan fingerprint density at radius 1 is 1.33 bits per heavy atom. The van der Waals surface area contributed by atoms with E-state index in [9.17, 15) is 10.1 Å². The molecule has 0 N–H and O–H groups in total. The highest BCUT2D eigenvalue weighted by Crippen LogP contribution is 2.42. The third kappa shape index (κ3) is 1.88. The van der Waals surface area contributed by atoms with Gasteiger partial charge in [-0.15, -0.1) is 0 Å². The molecule has 0 amide bonds. The van der Waals surface area contributed by atoms with Crippen LogP contribution in [-0.2, 0) is 0 Å². The van der Waals surface area contributed by atoms with Gasteiger partial charge in [-0.3, -0.25) is 10.1 Å². The van der Waals surface area contributed by atoms with E-state index >= 15 is 0 Å². The summed E-state index contributed by atoms with van der Waals surface area (Å²) >= 11 is 0. The fourth-order valence-corrected chi connectivity index (χ4v) is 1.99. The van der Waals surface area contributed by atoms with Gasteiger partial charge in [-0.2, -0.15) is 0 Å². The molecule has 0 bridgehead atoms. The highest BCUT2D eigenvalue weighted by molar-refractivity contribution is 5.56. The number of non-ortho nitro benzene ring substituents is 1. The molecule has 18 heavy (non-hydrogen) atoms. The largest absolute Gasteiger partial charge is 0.441 e. The average molecular weight is 244 g/mol. The maximum atomic E-state index is 10.6. The summed E-state index contributed by atoms with van der Waals surface area (Å²) < 4.78 is 5.62. The number of oxazole rings is 1. The first kappa shape index (κ1) is 11.0. The Labute approximate surface area is 104 Å². The van der Waals surface area contributed by atoms with Crippen molar-refractivity contribution in [3.8, 4) is 11.5 Å². The molecule has 1 aliphatic carbocycles. The maximum Gasteiger partial charge on any atom is 0.269 e. The summed E-state index contributed by atoms with van der Waals surface area (Å²) in [5, 5.41) is 10.6. The zero-order chi connectivity index (χ0) is 12.7. The molecule has 1 aliphatic rings. The van der Waals surface area contributed by atoms with Crippen LogP contribution in [-0.4, -0.2) is 9.91 Å². The lowest BCUT2D eigenvalue weighted by Crippen LogP contribution is -1.87. The monoisotopic (exact) mass is 244 g/mol. The second-order valence-corrected chi connectivity index (χ2v) is 4.54. The minimum absolute atomic E-state index is 0.0736. The van der Waals surface area contributed by atoms with E-state index in [-0.39, 0.29) is 5.69 Å². The molecule has 3 rings (SSSR count). The van der Waals surface area contributed by atoms with E-state index < -0.39 is 4.92 Å². The molecule has 2 aromatic rings. The Kier molecular flexibility index (Phi) is 2.40. The number of hydrogen-bond acceptors (Lipinski definition) is 4. The molecule has 1 fully saturated rings. The van der Waals surface area contributed by atoms with Crippen molar-refractivity contribution < 1.29 is 9.34 Å².